The summed E-state index contributed by atoms with van der Waals surface area (Å²) < 4.78 is 40.8. The number of amidine groups is 1. The summed E-state index contributed by atoms with van der Waals surface area (Å²) in [7, 11) is -3.78. The molecule has 4 N–H and O–H groups in total. The Morgan fingerprint density at radius 1 is 1.45 bits per heavy atom. The van der Waals surface area contributed by atoms with Gasteiger partial charge in [-0.15, -0.1) is 0 Å². The second-order valence-corrected chi connectivity index (χ2v) is 5.54. The molecule has 0 spiro atoms. The summed E-state index contributed by atoms with van der Waals surface area (Å²) in [4.78, 5) is 0. The fraction of sp³-hybridized carbons (Fsp3) is 0.364. The Bertz CT molecular complexity index is 600. The standard InChI is InChI=1S/C11H17FN4O3S/c1-3-16(4-2)20(18,19)15-10-6-5-8(12)7-9(10)11(13)14-17/h5-7,15,17H,3-4H2,1-2H3,(H2,13,14). The fourth-order valence-corrected chi connectivity index (χ4v) is 2.90. The summed E-state index contributed by atoms with van der Waals surface area (Å²) in [5, 5.41) is 11.4. The highest BCUT2D eigenvalue weighted by atomic mass is 32.2. The van der Waals surface area contributed by atoms with Crippen molar-refractivity contribution in [2.75, 3.05) is 17.8 Å². The Labute approximate surface area is 117 Å². The number of nitrogens with one attached hydrogen (secondary N) is 1. The molecule has 0 atom stereocenters. The molecule has 0 bridgehead atoms. The first-order valence-corrected chi connectivity index (χ1v) is 7.35. The van der Waals surface area contributed by atoms with Crippen molar-refractivity contribution in [3.8, 4) is 0 Å². The van der Waals surface area contributed by atoms with Crippen LogP contribution in [0.15, 0.2) is 23.4 Å². The lowest BCUT2D eigenvalue weighted by Crippen LogP contribution is -2.36. The molecule has 7 nitrogen and oxygen atoms in total. The van der Waals surface area contributed by atoms with Gasteiger partial charge in [0.1, 0.15) is 5.82 Å². The Kier molecular flexibility index (Phi) is 5.28. The van der Waals surface area contributed by atoms with Gasteiger partial charge in [0.2, 0.25) is 0 Å². The van der Waals surface area contributed by atoms with Crippen LogP contribution in [0.25, 0.3) is 0 Å². The van der Waals surface area contributed by atoms with Gasteiger partial charge in [-0.2, -0.15) is 12.7 Å². The number of oxime groups is 1. The second-order valence-electron chi connectivity index (χ2n) is 3.87. The SMILES string of the molecule is CCN(CC)S(=O)(=O)Nc1ccc(F)cc1/C(N)=N/O. The normalized spacial score (nSPS) is 12.7. The van der Waals surface area contributed by atoms with Crippen LogP contribution in [0.1, 0.15) is 19.4 Å². The van der Waals surface area contributed by atoms with E-state index in [0.717, 1.165) is 12.1 Å². The van der Waals surface area contributed by atoms with Crippen LogP contribution in [-0.2, 0) is 10.2 Å². The molecule has 0 aliphatic heterocycles. The summed E-state index contributed by atoms with van der Waals surface area (Å²) in [6.07, 6.45) is 0. The zero-order chi connectivity index (χ0) is 15.3. The second kappa shape index (κ2) is 6.53. The Hall–Kier alpha value is -1.87. The molecular weight excluding hydrogens is 287 g/mol. The van der Waals surface area contributed by atoms with Crippen LogP contribution < -0.4 is 10.5 Å². The number of rotatable bonds is 6. The molecule has 0 heterocycles. The van der Waals surface area contributed by atoms with Crippen LogP contribution in [-0.4, -0.2) is 36.9 Å². The molecule has 0 radical (unpaired) electrons. The van der Waals surface area contributed by atoms with Gasteiger partial charge in [-0.25, -0.2) is 4.39 Å². The van der Waals surface area contributed by atoms with Crippen LogP contribution in [0.3, 0.4) is 0 Å². The number of hydrogen-bond acceptors (Lipinski definition) is 4. The van der Waals surface area contributed by atoms with Gasteiger partial charge >= 0.3 is 10.2 Å². The van der Waals surface area contributed by atoms with E-state index in [1.54, 1.807) is 13.8 Å². The highest BCUT2D eigenvalue weighted by Crippen LogP contribution is 2.19. The highest BCUT2D eigenvalue weighted by Gasteiger charge is 2.20. The minimum Gasteiger partial charge on any atom is -0.409 e. The third kappa shape index (κ3) is 3.58. The molecule has 0 saturated carbocycles. The first kappa shape index (κ1) is 16.2. The van der Waals surface area contributed by atoms with Crippen molar-refractivity contribution in [3.63, 3.8) is 0 Å². The minimum absolute atomic E-state index is 0.0357. The Balaban J connectivity index is 3.22. The molecule has 1 aromatic rings. The quantitative estimate of drug-likeness (QED) is 0.314. The molecule has 9 heteroatoms. The summed E-state index contributed by atoms with van der Waals surface area (Å²) in [6.45, 7) is 3.95. The molecule has 0 aliphatic rings. The first-order chi connectivity index (χ1) is 9.35. The van der Waals surface area contributed by atoms with Crippen molar-refractivity contribution in [3.05, 3.63) is 29.6 Å². The van der Waals surface area contributed by atoms with Gasteiger partial charge < -0.3 is 10.9 Å². The number of halogens is 1. The smallest absolute Gasteiger partial charge is 0.301 e. The molecule has 0 fully saturated rings. The van der Waals surface area contributed by atoms with E-state index in [1.165, 1.54) is 10.4 Å². The van der Waals surface area contributed by atoms with Gasteiger partial charge in [0, 0.05) is 18.7 Å². The van der Waals surface area contributed by atoms with E-state index < -0.39 is 16.0 Å². The fourth-order valence-electron chi connectivity index (χ4n) is 1.64. The molecule has 1 rings (SSSR count). The first-order valence-electron chi connectivity index (χ1n) is 5.91. The molecule has 0 amide bonds. The Morgan fingerprint density at radius 2 is 2.05 bits per heavy atom. The van der Waals surface area contributed by atoms with Crippen LogP contribution in [0.5, 0.6) is 0 Å². The lowest BCUT2D eigenvalue weighted by atomic mass is 10.1. The van der Waals surface area contributed by atoms with Crippen LogP contribution in [0, 0.1) is 5.82 Å². The van der Waals surface area contributed by atoms with Gasteiger partial charge in [0.05, 0.1) is 5.69 Å². The van der Waals surface area contributed by atoms with Crippen LogP contribution in [0.4, 0.5) is 10.1 Å². The van der Waals surface area contributed by atoms with E-state index in [1.807, 2.05) is 0 Å². The summed E-state index contributed by atoms with van der Waals surface area (Å²) in [5.41, 5.74) is 5.41. The maximum atomic E-state index is 13.2. The maximum Gasteiger partial charge on any atom is 0.301 e. The molecule has 0 aromatic heterocycles. The number of anilines is 1. The van der Waals surface area contributed by atoms with Crippen molar-refractivity contribution >= 4 is 21.7 Å². The van der Waals surface area contributed by atoms with E-state index in [9.17, 15) is 12.8 Å². The van der Waals surface area contributed by atoms with Gasteiger partial charge in [0.25, 0.3) is 0 Å². The minimum atomic E-state index is -3.78. The molecule has 0 saturated heterocycles. The lowest BCUT2D eigenvalue weighted by molar-refractivity contribution is 0.318. The third-order valence-electron chi connectivity index (χ3n) is 2.65. The maximum absolute atomic E-state index is 13.2. The van der Waals surface area contributed by atoms with Crippen LogP contribution >= 0.6 is 0 Å². The largest absolute Gasteiger partial charge is 0.409 e. The lowest BCUT2D eigenvalue weighted by Gasteiger charge is -2.20. The highest BCUT2D eigenvalue weighted by molar-refractivity contribution is 7.90. The van der Waals surface area contributed by atoms with Crippen molar-refractivity contribution in [2.24, 2.45) is 10.9 Å². The summed E-state index contributed by atoms with van der Waals surface area (Å²) in [5.74, 6) is -1.01. The predicted octanol–water partition coefficient (Wildman–Crippen LogP) is 0.919. The van der Waals surface area contributed by atoms with Gasteiger partial charge in [-0.05, 0) is 18.2 Å². The number of hydrogen-bond donors (Lipinski definition) is 3. The zero-order valence-corrected chi connectivity index (χ0v) is 12.0. The predicted molar refractivity (Wildman–Crippen MR) is 74.4 cm³/mol. The molecule has 20 heavy (non-hydrogen) atoms. The third-order valence-corrected chi connectivity index (χ3v) is 4.32. The molecule has 112 valence electrons. The number of nitrogens with zero attached hydrogens (tertiary/aromatic N) is 2. The molecule has 0 aliphatic carbocycles. The van der Waals surface area contributed by atoms with E-state index in [-0.39, 0.29) is 30.2 Å². The summed E-state index contributed by atoms with van der Waals surface area (Å²) in [6, 6.07) is 3.27. The number of benzene rings is 1. The topological polar surface area (TPSA) is 108 Å². The van der Waals surface area contributed by atoms with E-state index in [0.29, 0.717) is 0 Å². The number of nitrogens with two attached hydrogens (primary N) is 1. The van der Waals surface area contributed by atoms with Gasteiger partial charge in [-0.1, -0.05) is 19.0 Å². The van der Waals surface area contributed by atoms with Gasteiger partial charge in [-0.3, -0.25) is 4.72 Å². The van der Waals surface area contributed by atoms with Gasteiger partial charge in [0.15, 0.2) is 5.84 Å². The van der Waals surface area contributed by atoms with E-state index >= 15 is 0 Å². The van der Waals surface area contributed by atoms with Crippen molar-refractivity contribution < 1.29 is 18.0 Å². The average Bonchev–Trinajstić information content (AvgIpc) is 2.40. The molecule has 1 aromatic carbocycles. The average molecular weight is 304 g/mol. The summed E-state index contributed by atoms with van der Waals surface area (Å²) >= 11 is 0. The van der Waals surface area contributed by atoms with E-state index in [2.05, 4.69) is 9.88 Å². The monoisotopic (exact) mass is 304 g/mol. The van der Waals surface area contributed by atoms with Crippen molar-refractivity contribution in [2.45, 2.75) is 13.8 Å². The van der Waals surface area contributed by atoms with Crippen LogP contribution in [0.2, 0.25) is 0 Å². The van der Waals surface area contributed by atoms with Crippen molar-refractivity contribution in [1.82, 2.24) is 4.31 Å². The van der Waals surface area contributed by atoms with E-state index in [4.69, 9.17) is 10.9 Å². The molecule has 0 unspecified atom stereocenters. The molecular formula is C11H17FN4O3S. The zero-order valence-electron chi connectivity index (χ0n) is 11.2. The van der Waals surface area contributed by atoms with Crippen molar-refractivity contribution in [1.29, 1.82) is 0 Å². The Morgan fingerprint density at radius 3 is 2.55 bits per heavy atom.